The van der Waals surface area contributed by atoms with Gasteiger partial charge in [0.1, 0.15) is 6.10 Å². The van der Waals surface area contributed by atoms with Crippen molar-refractivity contribution in [1.82, 2.24) is 4.90 Å². The number of morpholine rings is 1. The first kappa shape index (κ1) is 17.5. The molecule has 4 rings (SSSR count). The molecule has 0 spiro atoms. The molecule has 5 heteroatoms. The van der Waals surface area contributed by atoms with Gasteiger partial charge in [-0.15, -0.1) is 0 Å². The minimum Gasteiger partial charge on any atom is -0.381 e. The number of ether oxygens (including phenoxy) is 3. The third kappa shape index (κ3) is 3.93. The Hall–Kier alpha value is -0.910. The van der Waals surface area contributed by atoms with Crippen molar-refractivity contribution in [3.8, 4) is 0 Å². The fourth-order valence-electron chi connectivity index (χ4n) is 4.74. The third-order valence-electron chi connectivity index (χ3n) is 6.25. The lowest BCUT2D eigenvalue weighted by Crippen LogP contribution is -2.54. The van der Waals surface area contributed by atoms with Gasteiger partial charge in [-0.05, 0) is 57.3 Å². The van der Waals surface area contributed by atoms with Crippen molar-refractivity contribution in [3.63, 3.8) is 0 Å². The SMILES string of the molecule is O=C(C1=CCCCC1)N1CCO[C@H]2[C@H](OCC3CCOCC3)CC[C@@H]21. The van der Waals surface area contributed by atoms with E-state index in [1.54, 1.807) is 0 Å². The lowest BCUT2D eigenvalue weighted by atomic mass is 9.97. The van der Waals surface area contributed by atoms with Crippen LogP contribution in [0.4, 0.5) is 0 Å². The molecule has 4 aliphatic rings. The molecule has 1 saturated carbocycles. The number of allylic oxidation sites excluding steroid dienone is 1. The van der Waals surface area contributed by atoms with Gasteiger partial charge < -0.3 is 19.1 Å². The van der Waals surface area contributed by atoms with Gasteiger partial charge in [0.2, 0.25) is 5.91 Å². The number of hydrogen-bond donors (Lipinski definition) is 0. The summed E-state index contributed by atoms with van der Waals surface area (Å²) in [4.78, 5) is 15.0. The number of carbonyl (C=O) groups excluding carboxylic acids is 1. The van der Waals surface area contributed by atoms with Crippen molar-refractivity contribution in [2.75, 3.05) is 33.0 Å². The van der Waals surface area contributed by atoms with Crippen molar-refractivity contribution in [1.29, 1.82) is 0 Å². The molecule has 1 amide bonds. The van der Waals surface area contributed by atoms with E-state index in [0.717, 1.165) is 76.9 Å². The molecule has 0 bridgehead atoms. The number of nitrogens with zero attached hydrogens (tertiary/aromatic N) is 1. The summed E-state index contributed by atoms with van der Waals surface area (Å²) in [6.45, 7) is 3.89. The summed E-state index contributed by atoms with van der Waals surface area (Å²) in [5, 5.41) is 0. The smallest absolute Gasteiger partial charge is 0.249 e. The van der Waals surface area contributed by atoms with Gasteiger partial charge in [-0.3, -0.25) is 4.79 Å². The molecule has 3 atom stereocenters. The van der Waals surface area contributed by atoms with Crippen molar-refractivity contribution in [3.05, 3.63) is 11.6 Å². The Kier molecular flexibility index (Phi) is 5.73. The molecule has 2 heterocycles. The summed E-state index contributed by atoms with van der Waals surface area (Å²) in [6, 6.07) is 0.198. The highest BCUT2D eigenvalue weighted by molar-refractivity contribution is 5.93. The second-order valence-electron chi connectivity index (χ2n) is 7.88. The number of hydrogen-bond acceptors (Lipinski definition) is 4. The standard InChI is InChI=1S/C20H31NO4/c22-20(16-4-2-1-3-5-16)21-10-13-24-19-17(21)6-7-18(19)25-14-15-8-11-23-12-9-15/h4,15,17-19H,1-3,5-14H2/t17-,18+,19+/m0/s1. The average Bonchev–Trinajstić information content (AvgIpc) is 3.10. The topological polar surface area (TPSA) is 48.0 Å². The average molecular weight is 349 g/mol. The molecule has 0 aromatic heterocycles. The van der Waals surface area contributed by atoms with Crippen molar-refractivity contribution in [2.45, 2.75) is 69.6 Å². The summed E-state index contributed by atoms with van der Waals surface area (Å²) < 4.78 is 17.7. The molecular weight excluding hydrogens is 318 g/mol. The first-order chi connectivity index (χ1) is 12.3. The van der Waals surface area contributed by atoms with Crippen molar-refractivity contribution >= 4 is 5.91 Å². The quantitative estimate of drug-likeness (QED) is 0.783. The molecule has 0 N–H and O–H groups in total. The Morgan fingerprint density at radius 3 is 2.84 bits per heavy atom. The lowest BCUT2D eigenvalue weighted by Gasteiger charge is -2.40. The number of amides is 1. The van der Waals surface area contributed by atoms with Crippen LogP contribution in [0, 0.1) is 5.92 Å². The van der Waals surface area contributed by atoms with E-state index >= 15 is 0 Å². The molecule has 0 aromatic rings. The van der Waals surface area contributed by atoms with Crippen LogP contribution < -0.4 is 0 Å². The molecule has 3 fully saturated rings. The Labute approximate surface area is 150 Å². The van der Waals surface area contributed by atoms with Crippen LogP contribution in [0.15, 0.2) is 11.6 Å². The van der Waals surface area contributed by atoms with E-state index in [2.05, 4.69) is 11.0 Å². The molecule has 0 unspecified atom stereocenters. The number of fused-ring (bicyclic) bond motifs is 1. The van der Waals surface area contributed by atoms with Crippen LogP contribution in [0.1, 0.15) is 51.4 Å². The summed E-state index contributed by atoms with van der Waals surface area (Å²) >= 11 is 0. The number of carbonyl (C=O) groups is 1. The highest BCUT2D eigenvalue weighted by Crippen LogP contribution is 2.34. The van der Waals surface area contributed by atoms with E-state index < -0.39 is 0 Å². The molecule has 2 aliphatic carbocycles. The predicted octanol–water partition coefficient (Wildman–Crippen LogP) is 2.69. The van der Waals surface area contributed by atoms with Crippen LogP contribution in [0.5, 0.6) is 0 Å². The van der Waals surface area contributed by atoms with Gasteiger partial charge in [-0.2, -0.15) is 0 Å². The Morgan fingerprint density at radius 1 is 1.16 bits per heavy atom. The van der Waals surface area contributed by atoms with Gasteiger partial charge in [0.25, 0.3) is 0 Å². The van der Waals surface area contributed by atoms with E-state index in [4.69, 9.17) is 14.2 Å². The van der Waals surface area contributed by atoms with Crippen molar-refractivity contribution in [2.24, 2.45) is 5.92 Å². The second kappa shape index (κ2) is 8.19. The monoisotopic (exact) mass is 349 g/mol. The summed E-state index contributed by atoms with van der Waals surface area (Å²) in [6.07, 6.45) is 10.9. The zero-order valence-electron chi connectivity index (χ0n) is 15.2. The molecule has 2 aliphatic heterocycles. The minimum atomic E-state index is 0.0572. The zero-order valence-corrected chi connectivity index (χ0v) is 15.2. The summed E-state index contributed by atoms with van der Waals surface area (Å²) in [5.41, 5.74) is 1.03. The van der Waals surface area contributed by atoms with E-state index in [-0.39, 0.29) is 24.2 Å². The third-order valence-corrected chi connectivity index (χ3v) is 6.25. The Bertz CT molecular complexity index is 500. The molecular formula is C20H31NO4. The highest BCUT2D eigenvalue weighted by Gasteiger charge is 2.45. The van der Waals surface area contributed by atoms with E-state index in [9.17, 15) is 4.79 Å². The van der Waals surface area contributed by atoms with Crippen LogP contribution in [-0.4, -0.2) is 62.0 Å². The molecule has 5 nitrogen and oxygen atoms in total. The van der Waals surface area contributed by atoms with Crippen LogP contribution in [0.25, 0.3) is 0 Å². The summed E-state index contributed by atoms with van der Waals surface area (Å²) in [7, 11) is 0. The molecule has 140 valence electrons. The van der Waals surface area contributed by atoms with Crippen LogP contribution in [0.3, 0.4) is 0 Å². The lowest BCUT2D eigenvalue weighted by molar-refractivity contribution is -0.149. The zero-order chi connectivity index (χ0) is 17.1. The van der Waals surface area contributed by atoms with Gasteiger partial charge in [-0.1, -0.05) is 6.08 Å². The molecule has 25 heavy (non-hydrogen) atoms. The maximum atomic E-state index is 13.0. The first-order valence-electron chi connectivity index (χ1n) is 10.1. The Balaban J connectivity index is 1.35. The Morgan fingerprint density at radius 2 is 2.04 bits per heavy atom. The summed E-state index contributed by atoms with van der Waals surface area (Å²) in [5.74, 6) is 0.865. The van der Waals surface area contributed by atoms with Gasteiger partial charge in [0.15, 0.2) is 0 Å². The molecule has 0 radical (unpaired) electrons. The van der Waals surface area contributed by atoms with Crippen LogP contribution in [-0.2, 0) is 19.0 Å². The predicted molar refractivity (Wildman–Crippen MR) is 94.3 cm³/mol. The van der Waals surface area contributed by atoms with Crippen molar-refractivity contribution < 1.29 is 19.0 Å². The fraction of sp³-hybridized carbons (Fsp3) is 0.850. The van der Waals surface area contributed by atoms with Crippen LogP contribution in [0.2, 0.25) is 0 Å². The van der Waals surface area contributed by atoms with Gasteiger partial charge >= 0.3 is 0 Å². The second-order valence-corrected chi connectivity index (χ2v) is 7.88. The maximum Gasteiger partial charge on any atom is 0.249 e. The fourth-order valence-corrected chi connectivity index (χ4v) is 4.74. The normalized spacial score (nSPS) is 33.8. The van der Waals surface area contributed by atoms with E-state index in [0.29, 0.717) is 12.5 Å². The number of rotatable bonds is 4. The van der Waals surface area contributed by atoms with Gasteiger partial charge in [0, 0.05) is 25.3 Å². The molecule has 0 aromatic carbocycles. The highest BCUT2D eigenvalue weighted by atomic mass is 16.5. The van der Waals surface area contributed by atoms with Crippen LogP contribution >= 0.6 is 0 Å². The van der Waals surface area contributed by atoms with Gasteiger partial charge in [-0.25, -0.2) is 0 Å². The largest absolute Gasteiger partial charge is 0.381 e. The van der Waals surface area contributed by atoms with Gasteiger partial charge in [0.05, 0.1) is 25.4 Å². The molecule has 2 saturated heterocycles. The van der Waals surface area contributed by atoms with E-state index in [1.807, 2.05) is 0 Å². The van der Waals surface area contributed by atoms with E-state index in [1.165, 1.54) is 6.42 Å². The minimum absolute atomic E-state index is 0.0572. The maximum absolute atomic E-state index is 13.0. The first-order valence-corrected chi connectivity index (χ1v) is 10.1.